The third-order valence-electron chi connectivity index (χ3n) is 2.35. The van der Waals surface area contributed by atoms with Gasteiger partial charge in [-0.2, -0.15) is 0 Å². The van der Waals surface area contributed by atoms with E-state index in [4.69, 9.17) is 10.5 Å². The Morgan fingerprint density at radius 2 is 2.33 bits per heavy atom. The summed E-state index contributed by atoms with van der Waals surface area (Å²) in [6, 6.07) is 3.50. The lowest BCUT2D eigenvalue weighted by Gasteiger charge is -2.16. The quantitative estimate of drug-likeness (QED) is 0.683. The highest BCUT2D eigenvalue weighted by molar-refractivity contribution is 5.81. The fourth-order valence-electron chi connectivity index (χ4n) is 1.45. The lowest BCUT2D eigenvalue weighted by Crippen LogP contribution is -2.36. The maximum Gasteiger partial charge on any atom is 0.315 e. The average molecular weight is 251 g/mol. The molecular weight excluding hydrogens is 234 g/mol. The molecule has 98 valence electrons. The van der Waals surface area contributed by atoms with Gasteiger partial charge in [-0.1, -0.05) is 6.07 Å². The molecule has 1 unspecified atom stereocenters. The van der Waals surface area contributed by atoms with Crippen LogP contribution in [0.3, 0.4) is 0 Å². The molecule has 6 heteroatoms. The van der Waals surface area contributed by atoms with Crippen molar-refractivity contribution in [3.05, 3.63) is 30.1 Å². The molecule has 1 aromatic heterocycles. The van der Waals surface area contributed by atoms with Crippen molar-refractivity contribution in [2.45, 2.75) is 12.8 Å². The zero-order valence-electron chi connectivity index (χ0n) is 10.3. The lowest BCUT2D eigenvalue weighted by atomic mass is 10.0. The highest BCUT2D eigenvalue weighted by atomic mass is 16.5. The first-order valence-electron chi connectivity index (χ1n) is 5.72. The van der Waals surface area contributed by atoms with Gasteiger partial charge in [0.15, 0.2) is 0 Å². The molecule has 1 rings (SSSR count). The summed E-state index contributed by atoms with van der Waals surface area (Å²) in [6.45, 7) is 2.07. The van der Waals surface area contributed by atoms with Crippen molar-refractivity contribution in [1.29, 1.82) is 0 Å². The van der Waals surface area contributed by atoms with E-state index in [0.717, 1.165) is 0 Å². The third kappa shape index (κ3) is 4.14. The van der Waals surface area contributed by atoms with Gasteiger partial charge in [-0.25, -0.2) is 0 Å². The standard InChI is InChI=1S/C12H17N3O3/c1-2-18-12(17)10(8-15-11(16)6-13)9-4-3-5-14-7-9/h3-5,7,10H,2,6,8,13H2,1H3,(H,15,16). The molecule has 1 heterocycles. The molecule has 0 spiro atoms. The van der Waals surface area contributed by atoms with Gasteiger partial charge in [0.05, 0.1) is 13.2 Å². The first-order valence-corrected chi connectivity index (χ1v) is 5.72. The summed E-state index contributed by atoms with van der Waals surface area (Å²) in [7, 11) is 0. The summed E-state index contributed by atoms with van der Waals surface area (Å²) < 4.78 is 4.98. The number of aromatic nitrogens is 1. The second kappa shape index (κ2) is 7.39. The number of rotatable bonds is 6. The highest BCUT2D eigenvalue weighted by Gasteiger charge is 2.22. The first kappa shape index (κ1) is 14.1. The number of nitrogens with one attached hydrogen (secondary N) is 1. The molecule has 0 aliphatic heterocycles. The first-order chi connectivity index (χ1) is 8.69. The van der Waals surface area contributed by atoms with E-state index in [1.807, 2.05) is 0 Å². The Morgan fingerprint density at radius 3 is 2.89 bits per heavy atom. The van der Waals surface area contributed by atoms with Gasteiger partial charge in [-0.3, -0.25) is 14.6 Å². The van der Waals surface area contributed by atoms with E-state index in [2.05, 4.69) is 10.3 Å². The molecule has 0 aromatic carbocycles. The Bertz CT molecular complexity index is 395. The van der Waals surface area contributed by atoms with Gasteiger partial charge in [0.25, 0.3) is 0 Å². The van der Waals surface area contributed by atoms with Crippen molar-refractivity contribution < 1.29 is 14.3 Å². The van der Waals surface area contributed by atoms with Gasteiger partial charge in [0, 0.05) is 18.9 Å². The normalized spacial score (nSPS) is 11.7. The lowest BCUT2D eigenvalue weighted by molar-refractivity contribution is -0.144. The summed E-state index contributed by atoms with van der Waals surface area (Å²) in [5.41, 5.74) is 5.89. The molecule has 0 aliphatic rings. The fraction of sp³-hybridized carbons (Fsp3) is 0.417. The molecule has 1 aromatic rings. The van der Waals surface area contributed by atoms with Crippen LogP contribution < -0.4 is 11.1 Å². The van der Waals surface area contributed by atoms with Crippen LogP contribution in [-0.4, -0.2) is 36.6 Å². The molecule has 3 N–H and O–H groups in total. The monoisotopic (exact) mass is 251 g/mol. The molecule has 0 aliphatic carbocycles. The smallest absolute Gasteiger partial charge is 0.315 e. The number of nitrogens with two attached hydrogens (primary N) is 1. The van der Waals surface area contributed by atoms with Crippen molar-refractivity contribution >= 4 is 11.9 Å². The van der Waals surface area contributed by atoms with Crippen LogP contribution in [0.15, 0.2) is 24.5 Å². The molecular formula is C12H17N3O3. The number of pyridine rings is 1. The number of carbonyl (C=O) groups excluding carboxylic acids is 2. The largest absolute Gasteiger partial charge is 0.465 e. The number of hydrogen-bond donors (Lipinski definition) is 2. The molecule has 0 fully saturated rings. The second-order valence-electron chi connectivity index (χ2n) is 3.60. The molecule has 0 saturated heterocycles. The van der Waals surface area contributed by atoms with Crippen molar-refractivity contribution in [3.8, 4) is 0 Å². The topological polar surface area (TPSA) is 94.3 Å². The minimum Gasteiger partial charge on any atom is -0.465 e. The van der Waals surface area contributed by atoms with Gasteiger partial charge in [-0.05, 0) is 18.6 Å². The number of nitrogens with zero attached hydrogens (tertiary/aromatic N) is 1. The Balaban J connectivity index is 2.75. The molecule has 0 saturated carbocycles. The Labute approximate surface area is 106 Å². The van der Waals surface area contributed by atoms with Gasteiger partial charge >= 0.3 is 5.97 Å². The Morgan fingerprint density at radius 1 is 1.56 bits per heavy atom. The van der Waals surface area contributed by atoms with Crippen LogP contribution in [0, 0.1) is 0 Å². The predicted octanol–water partition coefficient (Wildman–Crippen LogP) is -0.197. The van der Waals surface area contributed by atoms with E-state index in [-0.39, 0.29) is 25.0 Å². The minimum atomic E-state index is -0.561. The number of ether oxygens (including phenoxy) is 1. The minimum absolute atomic E-state index is 0.109. The van der Waals surface area contributed by atoms with Crippen LogP contribution in [0.1, 0.15) is 18.4 Å². The molecule has 0 bridgehead atoms. The average Bonchev–Trinajstić information content (AvgIpc) is 2.40. The van der Waals surface area contributed by atoms with Crippen LogP contribution in [0.25, 0.3) is 0 Å². The van der Waals surface area contributed by atoms with Gasteiger partial charge in [0.2, 0.25) is 5.91 Å². The molecule has 1 atom stereocenters. The van der Waals surface area contributed by atoms with Crippen LogP contribution >= 0.6 is 0 Å². The van der Waals surface area contributed by atoms with Crippen molar-refractivity contribution in [3.63, 3.8) is 0 Å². The summed E-state index contributed by atoms with van der Waals surface area (Å²) in [6.07, 6.45) is 3.19. The van der Waals surface area contributed by atoms with Crippen LogP contribution in [0.4, 0.5) is 0 Å². The summed E-state index contributed by atoms with van der Waals surface area (Å²) in [5, 5.41) is 2.58. The fourth-order valence-corrected chi connectivity index (χ4v) is 1.45. The molecule has 6 nitrogen and oxygen atoms in total. The van der Waals surface area contributed by atoms with E-state index in [9.17, 15) is 9.59 Å². The van der Waals surface area contributed by atoms with Crippen molar-refractivity contribution in [1.82, 2.24) is 10.3 Å². The van der Waals surface area contributed by atoms with Crippen LogP contribution in [0.2, 0.25) is 0 Å². The van der Waals surface area contributed by atoms with Crippen molar-refractivity contribution in [2.75, 3.05) is 19.7 Å². The number of amides is 1. The number of hydrogen-bond acceptors (Lipinski definition) is 5. The SMILES string of the molecule is CCOC(=O)C(CNC(=O)CN)c1cccnc1. The van der Waals surface area contributed by atoms with E-state index in [0.29, 0.717) is 12.2 Å². The second-order valence-corrected chi connectivity index (χ2v) is 3.60. The zero-order chi connectivity index (χ0) is 13.4. The summed E-state index contributed by atoms with van der Waals surface area (Å²) in [5.74, 6) is -1.26. The molecule has 18 heavy (non-hydrogen) atoms. The highest BCUT2D eigenvalue weighted by Crippen LogP contribution is 2.15. The van der Waals surface area contributed by atoms with Gasteiger partial charge < -0.3 is 15.8 Å². The zero-order valence-corrected chi connectivity index (χ0v) is 10.3. The van der Waals surface area contributed by atoms with Gasteiger partial charge in [-0.15, -0.1) is 0 Å². The van der Waals surface area contributed by atoms with E-state index >= 15 is 0 Å². The molecule has 0 radical (unpaired) electrons. The maximum atomic E-state index is 11.8. The van der Waals surface area contributed by atoms with Crippen LogP contribution in [-0.2, 0) is 14.3 Å². The predicted molar refractivity (Wildman–Crippen MR) is 65.7 cm³/mol. The number of carbonyl (C=O) groups is 2. The summed E-state index contributed by atoms with van der Waals surface area (Å²) >= 11 is 0. The Hall–Kier alpha value is -1.95. The maximum absolute atomic E-state index is 11.8. The van der Waals surface area contributed by atoms with Gasteiger partial charge in [0.1, 0.15) is 5.92 Å². The third-order valence-corrected chi connectivity index (χ3v) is 2.35. The molecule has 1 amide bonds. The Kier molecular flexibility index (Phi) is 5.79. The van der Waals surface area contributed by atoms with Crippen molar-refractivity contribution in [2.24, 2.45) is 5.73 Å². The van der Waals surface area contributed by atoms with E-state index < -0.39 is 5.92 Å². The van der Waals surface area contributed by atoms with Crippen LogP contribution in [0.5, 0.6) is 0 Å². The number of esters is 1. The van der Waals surface area contributed by atoms with E-state index in [1.165, 1.54) is 0 Å². The summed E-state index contributed by atoms with van der Waals surface area (Å²) in [4.78, 5) is 26.9. The van der Waals surface area contributed by atoms with E-state index in [1.54, 1.807) is 31.5 Å².